The van der Waals surface area contributed by atoms with Crippen molar-refractivity contribution in [2.45, 2.75) is 20.0 Å². The summed E-state index contributed by atoms with van der Waals surface area (Å²) in [5.74, 6) is 0.371. The number of hydrogen-bond acceptors (Lipinski definition) is 4. The molecule has 0 unspecified atom stereocenters. The Morgan fingerprint density at radius 1 is 1.06 bits per heavy atom. The van der Waals surface area contributed by atoms with Crippen LogP contribution in [0.2, 0.25) is 10.0 Å². The van der Waals surface area contributed by atoms with Gasteiger partial charge in [-0.1, -0.05) is 45.2 Å². The van der Waals surface area contributed by atoms with Gasteiger partial charge in [0, 0.05) is 34.5 Å². The van der Waals surface area contributed by atoms with Crippen LogP contribution in [0.3, 0.4) is 0 Å². The first kappa shape index (κ1) is 24.3. The summed E-state index contributed by atoms with van der Waals surface area (Å²) in [7, 11) is 0. The summed E-state index contributed by atoms with van der Waals surface area (Å²) >= 11 is 15.7. The van der Waals surface area contributed by atoms with Gasteiger partial charge in [-0.25, -0.2) is 4.79 Å². The van der Waals surface area contributed by atoms with Crippen molar-refractivity contribution in [3.63, 3.8) is 0 Å². The second-order valence-corrected chi connectivity index (χ2v) is 9.22. The van der Waals surface area contributed by atoms with E-state index in [9.17, 15) is 4.79 Å². The van der Waals surface area contributed by atoms with Crippen LogP contribution in [-0.2, 0) is 17.8 Å². The average Bonchev–Trinajstić information content (AvgIpc) is 3.29. The molecule has 5 nitrogen and oxygen atoms in total. The van der Waals surface area contributed by atoms with E-state index in [2.05, 4.69) is 20.9 Å². The SMILES string of the molecule is CCOC(=O)c1cncc(-n2cccc2Cc2cc(Br)ccc2OCc2ccc(Cl)c(Cl)c2)c1. The van der Waals surface area contributed by atoms with Gasteiger partial charge in [0.05, 0.1) is 34.1 Å². The standard InChI is InChI=1S/C26H21BrCl2N2O3/c1-2-33-26(32)19-13-22(15-30-14-19)31-9-3-4-21(31)12-18-11-20(27)6-8-25(18)34-16-17-5-7-23(28)24(29)10-17/h3-11,13-15H,2,12,16H2,1H3. The van der Waals surface area contributed by atoms with Gasteiger partial charge < -0.3 is 14.0 Å². The largest absolute Gasteiger partial charge is 0.489 e. The molecule has 0 aliphatic heterocycles. The average molecular weight is 560 g/mol. The minimum absolute atomic E-state index is 0.311. The maximum Gasteiger partial charge on any atom is 0.339 e. The highest BCUT2D eigenvalue weighted by molar-refractivity contribution is 9.10. The van der Waals surface area contributed by atoms with Crippen molar-refractivity contribution in [2.24, 2.45) is 0 Å². The van der Waals surface area contributed by atoms with Crippen molar-refractivity contribution in [1.29, 1.82) is 0 Å². The van der Waals surface area contributed by atoms with Gasteiger partial charge in [0.1, 0.15) is 12.4 Å². The van der Waals surface area contributed by atoms with Crippen LogP contribution < -0.4 is 4.74 Å². The van der Waals surface area contributed by atoms with E-state index in [0.29, 0.717) is 35.2 Å². The molecule has 2 aromatic carbocycles. The van der Waals surface area contributed by atoms with Gasteiger partial charge in [0.15, 0.2) is 0 Å². The molecule has 8 heteroatoms. The van der Waals surface area contributed by atoms with Crippen molar-refractivity contribution in [2.75, 3.05) is 6.61 Å². The van der Waals surface area contributed by atoms with E-state index < -0.39 is 5.97 Å². The monoisotopic (exact) mass is 558 g/mol. The molecule has 174 valence electrons. The van der Waals surface area contributed by atoms with Crippen LogP contribution in [0.1, 0.15) is 34.1 Å². The maximum absolute atomic E-state index is 12.1. The van der Waals surface area contributed by atoms with Gasteiger partial charge in [-0.05, 0) is 61.0 Å². The lowest BCUT2D eigenvalue weighted by molar-refractivity contribution is 0.0526. The van der Waals surface area contributed by atoms with Crippen LogP contribution in [0.4, 0.5) is 0 Å². The minimum atomic E-state index is -0.393. The Labute approximate surface area is 216 Å². The molecule has 0 atom stereocenters. The Hall–Kier alpha value is -2.80. The third-order valence-electron chi connectivity index (χ3n) is 5.12. The Balaban J connectivity index is 1.58. The maximum atomic E-state index is 12.1. The number of carbonyl (C=O) groups is 1. The fourth-order valence-electron chi connectivity index (χ4n) is 3.51. The molecular formula is C26H21BrCl2N2O3. The van der Waals surface area contributed by atoms with Crippen molar-refractivity contribution in [1.82, 2.24) is 9.55 Å². The van der Waals surface area contributed by atoms with E-state index in [4.69, 9.17) is 32.7 Å². The quantitative estimate of drug-likeness (QED) is 0.213. The van der Waals surface area contributed by atoms with Crippen LogP contribution in [-0.4, -0.2) is 22.1 Å². The minimum Gasteiger partial charge on any atom is -0.489 e. The predicted octanol–water partition coefficient (Wildman–Crippen LogP) is 7.29. The van der Waals surface area contributed by atoms with E-state index in [1.165, 1.54) is 6.20 Å². The molecule has 34 heavy (non-hydrogen) atoms. The number of aromatic nitrogens is 2. The predicted molar refractivity (Wildman–Crippen MR) is 137 cm³/mol. The first-order chi connectivity index (χ1) is 16.4. The molecule has 0 saturated heterocycles. The summed E-state index contributed by atoms with van der Waals surface area (Å²) in [6.45, 7) is 2.45. The summed E-state index contributed by atoms with van der Waals surface area (Å²) in [6.07, 6.45) is 5.77. The summed E-state index contributed by atoms with van der Waals surface area (Å²) in [4.78, 5) is 16.4. The number of halogens is 3. The van der Waals surface area contributed by atoms with Crippen LogP contribution >= 0.6 is 39.1 Å². The zero-order valence-corrected chi connectivity index (χ0v) is 21.4. The number of pyridine rings is 1. The van der Waals surface area contributed by atoms with Gasteiger partial charge >= 0.3 is 5.97 Å². The zero-order valence-electron chi connectivity index (χ0n) is 18.3. The highest BCUT2D eigenvalue weighted by Crippen LogP contribution is 2.29. The smallest absolute Gasteiger partial charge is 0.339 e. The molecule has 0 aliphatic carbocycles. The molecule has 0 amide bonds. The topological polar surface area (TPSA) is 53.3 Å². The molecule has 0 spiro atoms. The molecule has 0 aliphatic rings. The lowest BCUT2D eigenvalue weighted by Gasteiger charge is -2.15. The number of ether oxygens (including phenoxy) is 2. The van der Waals surface area contributed by atoms with Crippen LogP contribution in [0.15, 0.2) is 77.7 Å². The second kappa shape index (κ2) is 11.1. The number of nitrogens with zero attached hydrogens (tertiary/aromatic N) is 2. The Kier molecular flexibility index (Phi) is 7.93. The summed E-state index contributed by atoms with van der Waals surface area (Å²) in [5.41, 5.74) is 4.13. The van der Waals surface area contributed by atoms with Gasteiger partial charge in [0.25, 0.3) is 0 Å². The molecule has 0 fully saturated rings. The molecule has 0 N–H and O–H groups in total. The number of benzene rings is 2. The molecule has 4 rings (SSSR count). The van der Waals surface area contributed by atoms with E-state index >= 15 is 0 Å². The summed E-state index contributed by atoms with van der Waals surface area (Å²) in [6, 6.07) is 17.1. The lowest BCUT2D eigenvalue weighted by Crippen LogP contribution is -2.07. The molecular weight excluding hydrogens is 539 g/mol. The molecule has 0 saturated carbocycles. The Morgan fingerprint density at radius 2 is 1.91 bits per heavy atom. The zero-order chi connectivity index (χ0) is 24.1. The Bertz CT molecular complexity index is 1320. The second-order valence-electron chi connectivity index (χ2n) is 7.49. The highest BCUT2D eigenvalue weighted by Gasteiger charge is 2.13. The van der Waals surface area contributed by atoms with E-state index in [0.717, 1.165) is 32.7 Å². The van der Waals surface area contributed by atoms with Gasteiger partial charge in [0.2, 0.25) is 0 Å². The Morgan fingerprint density at radius 3 is 2.71 bits per heavy atom. The molecule has 0 bridgehead atoms. The van der Waals surface area contributed by atoms with Gasteiger partial charge in [-0.2, -0.15) is 0 Å². The third-order valence-corrected chi connectivity index (χ3v) is 6.35. The van der Waals surface area contributed by atoms with Crippen LogP contribution in [0.25, 0.3) is 5.69 Å². The van der Waals surface area contributed by atoms with Crippen molar-refractivity contribution >= 4 is 45.1 Å². The first-order valence-corrected chi connectivity index (χ1v) is 12.1. The fourth-order valence-corrected chi connectivity index (χ4v) is 4.24. The molecule has 0 radical (unpaired) electrons. The van der Waals surface area contributed by atoms with E-state index in [-0.39, 0.29) is 0 Å². The van der Waals surface area contributed by atoms with Crippen LogP contribution in [0, 0.1) is 0 Å². The number of esters is 1. The van der Waals surface area contributed by atoms with Crippen molar-refractivity contribution in [3.05, 3.63) is 110 Å². The van der Waals surface area contributed by atoms with Crippen molar-refractivity contribution in [3.8, 4) is 11.4 Å². The molecule has 4 aromatic rings. The van der Waals surface area contributed by atoms with E-state index in [1.807, 2.05) is 47.2 Å². The number of hydrogen-bond donors (Lipinski definition) is 0. The highest BCUT2D eigenvalue weighted by atomic mass is 79.9. The first-order valence-electron chi connectivity index (χ1n) is 10.6. The normalized spacial score (nSPS) is 10.8. The molecule has 2 heterocycles. The molecule has 2 aromatic heterocycles. The summed E-state index contributed by atoms with van der Waals surface area (Å²) in [5, 5.41) is 1.01. The number of carbonyl (C=O) groups excluding carboxylic acids is 1. The fraction of sp³-hybridized carbons (Fsp3) is 0.154. The van der Waals surface area contributed by atoms with E-state index in [1.54, 1.807) is 31.3 Å². The van der Waals surface area contributed by atoms with Gasteiger partial charge in [-0.15, -0.1) is 0 Å². The van der Waals surface area contributed by atoms with Gasteiger partial charge in [-0.3, -0.25) is 4.98 Å². The lowest BCUT2D eigenvalue weighted by atomic mass is 10.1. The van der Waals surface area contributed by atoms with Crippen molar-refractivity contribution < 1.29 is 14.3 Å². The summed E-state index contributed by atoms with van der Waals surface area (Å²) < 4.78 is 14.2. The van der Waals surface area contributed by atoms with Crippen LogP contribution in [0.5, 0.6) is 5.75 Å². The third kappa shape index (κ3) is 5.81. The number of rotatable bonds is 8.